The predicted octanol–water partition coefficient (Wildman–Crippen LogP) is 2.28. The van der Waals surface area contributed by atoms with Gasteiger partial charge in [-0.1, -0.05) is 32.3 Å². The van der Waals surface area contributed by atoms with E-state index in [2.05, 4.69) is 6.58 Å². The number of fused-ring (bicyclic) bond motifs is 1. The van der Waals surface area contributed by atoms with Crippen LogP contribution in [0.25, 0.3) is 0 Å². The highest BCUT2D eigenvalue weighted by Gasteiger charge is 2.74. The fraction of sp³-hybridized carbons (Fsp3) is 0.783. The van der Waals surface area contributed by atoms with Gasteiger partial charge in [-0.2, -0.15) is 0 Å². The number of carbonyl (C=O) groups is 3. The van der Waals surface area contributed by atoms with Crippen LogP contribution >= 0.6 is 11.8 Å². The molecule has 3 heterocycles. The standard InChI is InChI=1S/C23H34N2O5S/c1-3-12-24(15-8-6-5-7-9-15)21(28)19-23-11-10-16(31-23)17(22(29)30)18(23)20(27)25(19)14(4-2)13-26/h3,14-19,26H,1,4-13H2,2H3,(H,29,30)/t14-,16-,17+,18-,19?,23?/m0/s1. The molecule has 2 N–H and O–H groups in total. The zero-order valence-corrected chi connectivity index (χ0v) is 19.1. The molecule has 7 nitrogen and oxygen atoms in total. The molecule has 2 unspecified atom stereocenters. The lowest BCUT2D eigenvalue weighted by molar-refractivity contribution is -0.150. The average molecular weight is 451 g/mol. The van der Waals surface area contributed by atoms with Gasteiger partial charge in [0, 0.05) is 17.8 Å². The van der Waals surface area contributed by atoms with Gasteiger partial charge in [-0.3, -0.25) is 14.4 Å². The Balaban J connectivity index is 1.76. The van der Waals surface area contributed by atoms with Crippen LogP contribution in [0.5, 0.6) is 0 Å². The molecule has 0 aromatic heterocycles. The summed E-state index contributed by atoms with van der Waals surface area (Å²) in [5, 5.41) is 19.8. The van der Waals surface area contributed by atoms with E-state index in [1.807, 2.05) is 11.8 Å². The third-order valence-electron chi connectivity index (χ3n) is 7.96. The van der Waals surface area contributed by atoms with Crippen molar-refractivity contribution in [2.45, 2.75) is 86.4 Å². The molecule has 4 rings (SSSR count). The summed E-state index contributed by atoms with van der Waals surface area (Å²) in [5.74, 6) is -2.75. The van der Waals surface area contributed by atoms with Crippen LogP contribution in [0.15, 0.2) is 12.7 Å². The minimum absolute atomic E-state index is 0.0891. The first-order valence-corrected chi connectivity index (χ1v) is 12.5. The molecule has 172 valence electrons. The summed E-state index contributed by atoms with van der Waals surface area (Å²) >= 11 is 1.55. The SMILES string of the molecule is C=CCN(C(=O)C1N([C@@H](CC)CO)C(=O)[C@@H]2[C@H](C(=O)O)[C@@H]3CCC12S3)C1CCCCC1. The topological polar surface area (TPSA) is 98.2 Å². The Morgan fingerprint density at radius 1 is 1.32 bits per heavy atom. The van der Waals surface area contributed by atoms with Gasteiger partial charge in [0.1, 0.15) is 6.04 Å². The molecule has 1 aliphatic carbocycles. The van der Waals surface area contributed by atoms with Crippen molar-refractivity contribution in [2.24, 2.45) is 11.8 Å². The quantitative estimate of drug-likeness (QED) is 0.551. The van der Waals surface area contributed by atoms with Gasteiger partial charge in [-0.15, -0.1) is 18.3 Å². The second-order valence-electron chi connectivity index (χ2n) is 9.46. The molecule has 31 heavy (non-hydrogen) atoms. The number of rotatable bonds is 8. The van der Waals surface area contributed by atoms with Gasteiger partial charge in [-0.05, 0) is 32.1 Å². The van der Waals surface area contributed by atoms with Crippen LogP contribution < -0.4 is 0 Å². The van der Waals surface area contributed by atoms with Gasteiger partial charge in [0.2, 0.25) is 11.8 Å². The number of carbonyl (C=O) groups excluding carboxylic acids is 2. The second kappa shape index (κ2) is 8.77. The molecule has 2 bridgehead atoms. The molecule has 8 heteroatoms. The van der Waals surface area contributed by atoms with E-state index >= 15 is 0 Å². The molecule has 3 aliphatic heterocycles. The fourth-order valence-electron chi connectivity index (χ4n) is 6.57. The van der Waals surface area contributed by atoms with E-state index in [0.29, 0.717) is 25.8 Å². The molecule has 6 atom stereocenters. The van der Waals surface area contributed by atoms with E-state index in [1.54, 1.807) is 22.7 Å². The number of aliphatic hydroxyl groups excluding tert-OH is 1. The number of carboxylic acid groups (broad SMARTS) is 1. The van der Waals surface area contributed by atoms with Crippen molar-refractivity contribution >= 4 is 29.5 Å². The van der Waals surface area contributed by atoms with Crippen molar-refractivity contribution in [2.75, 3.05) is 13.2 Å². The minimum Gasteiger partial charge on any atom is -0.481 e. The molecule has 1 spiro atoms. The van der Waals surface area contributed by atoms with Crippen LogP contribution in [0.4, 0.5) is 0 Å². The van der Waals surface area contributed by atoms with Crippen LogP contribution in [0.1, 0.15) is 58.3 Å². The number of hydrogen-bond acceptors (Lipinski definition) is 5. The summed E-state index contributed by atoms with van der Waals surface area (Å²) in [6, 6.07) is -1.07. The second-order valence-corrected chi connectivity index (χ2v) is 11.1. The minimum atomic E-state index is -0.947. The van der Waals surface area contributed by atoms with E-state index in [1.165, 1.54) is 6.42 Å². The van der Waals surface area contributed by atoms with Gasteiger partial charge in [0.05, 0.1) is 29.2 Å². The monoisotopic (exact) mass is 450 g/mol. The number of aliphatic hydroxyl groups is 1. The number of amides is 2. The van der Waals surface area contributed by atoms with Crippen LogP contribution in [-0.2, 0) is 14.4 Å². The van der Waals surface area contributed by atoms with Gasteiger partial charge in [-0.25, -0.2) is 0 Å². The van der Waals surface area contributed by atoms with Crippen molar-refractivity contribution in [1.82, 2.24) is 9.80 Å². The fourth-order valence-corrected chi connectivity index (χ4v) is 8.76. The van der Waals surface area contributed by atoms with E-state index in [4.69, 9.17) is 0 Å². The molecule has 0 aromatic carbocycles. The first-order valence-electron chi connectivity index (χ1n) is 11.7. The summed E-state index contributed by atoms with van der Waals surface area (Å²) in [6.45, 7) is 5.94. The van der Waals surface area contributed by atoms with E-state index in [-0.39, 0.29) is 29.7 Å². The van der Waals surface area contributed by atoms with Crippen molar-refractivity contribution < 1.29 is 24.6 Å². The van der Waals surface area contributed by atoms with Gasteiger partial charge in [0.15, 0.2) is 0 Å². The molecule has 1 saturated carbocycles. The summed E-state index contributed by atoms with van der Waals surface area (Å²) in [7, 11) is 0. The maximum Gasteiger partial charge on any atom is 0.308 e. The molecular weight excluding hydrogens is 416 g/mol. The highest BCUT2D eigenvalue weighted by Crippen LogP contribution is 2.66. The maximum absolute atomic E-state index is 14.2. The van der Waals surface area contributed by atoms with Gasteiger partial charge >= 0.3 is 5.97 Å². The number of hydrogen-bond donors (Lipinski definition) is 2. The van der Waals surface area contributed by atoms with E-state index < -0.39 is 34.6 Å². The molecule has 4 aliphatic rings. The predicted molar refractivity (Wildman–Crippen MR) is 119 cm³/mol. The zero-order valence-electron chi connectivity index (χ0n) is 18.2. The van der Waals surface area contributed by atoms with Crippen LogP contribution in [0.2, 0.25) is 0 Å². The molecular formula is C23H34N2O5S. The zero-order chi connectivity index (χ0) is 22.3. The number of thioether (sulfide) groups is 1. The maximum atomic E-state index is 14.2. The Bertz CT molecular complexity index is 750. The van der Waals surface area contributed by atoms with Crippen molar-refractivity contribution in [3.63, 3.8) is 0 Å². The summed E-state index contributed by atoms with van der Waals surface area (Å²) in [5.41, 5.74) is 0. The normalized spacial score (nSPS) is 35.8. The van der Waals surface area contributed by atoms with Crippen LogP contribution in [-0.4, -0.2) is 79.1 Å². The van der Waals surface area contributed by atoms with Crippen LogP contribution in [0, 0.1) is 11.8 Å². The highest BCUT2D eigenvalue weighted by molar-refractivity contribution is 8.02. The van der Waals surface area contributed by atoms with Crippen molar-refractivity contribution in [3.05, 3.63) is 12.7 Å². The third-order valence-corrected chi connectivity index (χ3v) is 9.91. The molecule has 0 radical (unpaired) electrons. The highest BCUT2D eigenvalue weighted by atomic mass is 32.2. The first kappa shape index (κ1) is 22.6. The number of carboxylic acids is 1. The number of likely N-dealkylation sites (tertiary alicyclic amines) is 1. The summed E-state index contributed by atoms with van der Waals surface area (Å²) in [6.07, 6.45) is 8.87. The number of aliphatic carboxylic acids is 1. The lowest BCUT2D eigenvalue weighted by Crippen LogP contribution is -2.59. The largest absolute Gasteiger partial charge is 0.481 e. The lowest BCUT2D eigenvalue weighted by atomic mass is 9.71. The van der Waals surface area contributed by atoms with Crippen molar-refractivity contribution in [1.29, 1.82) is 0 Å². The average Bonchev–Trinajstić information content (AvgIpc) is 3.41. The molecule has 0 aromatic rings. The lowest BCUT2D eigenvalue weighted by Gasteiger charge is -2.42. The van der Waals surface area contributed by atoms with Crippen molar-refractivity contribution in [3.8, 4) is 0 Å². The Kier molecular flexibility index (Phi) is 6.41. The smallest absolute Gasteiger partial charge is 0.308 e. The molecule has 2 amide bonds. The molecule has 4 fully saturated rings. The Hall–Kier alpha value is -1.54. The summed E-state index contributed by atoms with van der Waals surface area (Å²) < 4.78 is -0.710. The molecule has 3 saturated heterocycles. The Labute approximate surface area is 188 Å². The first-order chi connectivity index (χ1) is 14.9. The Morgan fingerprint density at radius 2 is 2.03 bits per heavy atom. The van der Waals surface area contributed by atoms with E-state index in [9.17, 15) is 24.6 Å². The van der Waals surface area contributed by atoms with Gasteiger partial charge < -0.3 is 20.0 Å². The summed E-state index contributed by atoms with van der Waals surface area (Å²) in [4.78, 5) is 43.4. The van der Waals surface area contributed by atoms with Crippen LogP contribution in [0.3, 0.4) is 0 Å². The third kappa shape index (κ3) is 3.41. The van der Waals surface area contributed by atoms with E-state index in [0.717, 1.165) is 25.7 Å². The number of nitrogens with zero attached hydrogens (tertiary/aromatic N) is 2. The van der Waals surface area contributed by atoms with Gasteiger partial charge in [0.25, 0.3) is 0 Å². The Morgan fingerprint density at radius 3 is 2.61 bits per heavy atom.